The maximum Gasteiger partial charge on any atom is 0.348 e. The molecule has 2 aromatic carbocycles. The number of fused-ring (bicyclic) bond motifs is 1. The predicted octanol–water partition coefficient (Wildman–Crippen LogP) is -2.15. The maximum atomic E-state index is 15.0. The third-order valence-electron chi connectivity index (χ3n) is 7.51. The van der Waals surface area contributed by atoms with Crippen molar-refractivity contribution in [1.29, 1.82) is 0 Å². The molecule has 0 spiro atoms. The molecule has 7 nitrogen and oxygen atoms in total. The van der Waals surface area contributed by atoms with Gasteiger partial charge in [-0.3, -0.25) is 24.5 Å². The Hall–Kier alpha value is -3.01. The van der Waals surface area contributed by atoms with Crippen molar-refractivity contribution in [2.45, 2.75) is 35.5 Å². The molecule has 4 amide bonds. The van der Waals surface area contributed by atoms with Crippen LogP contribution in [0, 0.1) is 0 Å². The van der Waals surface area contributed by atoms with Crippen molar-refractivity contribution in [3.05, 3.63) is 69.7 Å². The van der Waals surface area contributed by atoms with E-state index in [0.29, 0.717) is 16.7 Å². The van der Waals surface area contributed by atoms with E-state index in [-0.39, 0.29) is 23.9 Å². The number of carbonyl (C=O) groups is 4. The van der Waals surface area contributed by atoms with Crippen LogP contribution in [-0.2, 0) is 26.9 Å². The standard InChI is InChI=1S/C22H23B5ClF2N3O4/c23-15(33(27)19(37)22(29,30)12-2-4-13(28)5-3-12)10-1-6-14-11(7-10)8-32(16(14)34)21(26)9-20(24,25)17(35)31-18(21)36/h1-7,15H,8-9,23-27H2,(H,31,35,36)/t15?,21-/m1/s1. The summed E-state index contributed by atoms with van der Waals surface area (Å²) in [5.74, 6) is -7.15. The van der Waals surface area contributed by atoms with Crippen LogP contribution < -0.4 is 5.32 Å². The normalized spacial score (nSPS) is 21.8. The molecule has 0 radical (unpaired) electrons. The summed E-state index contributed by atoms with van der Waals surface area (Å²) in [6.45, 7) is 0.113. The van der Waals surface area contributed by atoms with Crippen LogP contribution in [0.2, 0.25) is 10.2 Å². The van der Waals surface area contributed by atoms with Gasteiger partial charge in [-0.05, 0) is 41.0 Å². The van der Waals surface area contributed by atoms with Crippen molar-refractivity contribution in [3.8, 4) is 0 Å². The number of hydrogen-bond acceptors (Lipinski definition) is 4. The number of carbonyl (C=O) groups excluding carboxylic acids is 4. The molecule has 1 N–H and O–H groups in total. The number of alkyl halides is 2. The van der Waals surface area contributed by atoms with E-state index in [4.69, 9.17) is 11.6 Å². The fraction of sp³-hybridized carbons (Fsp3) is 0.273. The lowest BCUT2D eigenvalue weighted by Gasteiger charge is -2.46. The molecule has 4 rings (SSSR count). The molecule has 37 heavy (non-hydrogen) atoms. The van der Waals surface area contributed by atoms with Gasteiger partial charge >= 0.3 is 5.92 Å². The number of amides is 4. The quantitative estimate of drug-likeness (QED) is 0.360. The Morgan fingerprint density at radius 1 is 1.08 bits per heavy atom. The van der Waals surface area contributed by atoms with Gasteiger partial charge in [-0.25, -0.2) is 0 Å². The minimum atomic E-state index is -3.76. The summed E-state index contributed by atoms with van der Waals surface area (Å²) in [5.41, 5.74) is -0.142. The van der Waals surface area contributed by atoms with Gasteiger partial charge in [0, 0.05) is 28.6 Å². The SMILES string of the molecule is BC(c1ccc2c(c1)CN([C@]1(B)CC(B)(B)C(=O)NC1=O)C2=O)N(B)C(=O)C(F)(F)c1ccc(Cl)cc1. The summed E-state index contributed by atoms with van der Waals surface area (Å²) in [6, 6.07) is 9.73. The zero-order valence-electron chi connectivity index (χ0n) is 21.2. The highest BCUT2D eigenvalue weighted by molar-refractivity contribution is 6.53. The van der Waals surface area contributed by atoms with Crippen LogP contribution in [0.5, 0.6) is 0 Å². The van der Waals surface area contributed by atoms with Crippen LogP contribution in [0.4, 0.5) is 8.78 Å². The van der Waals surface area contributed by atoms with Crippen LogP contribution >= 0.6 is 11.6 Å². The molecule has 15 heteroatoms. The first kappa shape index (κ1) is 27.0. The molecule has 1 saturated heterocycles. The molecule has 2 aliphatic heterocycles. The highest BCUT2D eigenvalue weighted by Gasteiger charge is 2.53. The third-order valence-corrected chi connectivity index (χ3v) is 7.76. The van der Waals surface area contributed by atoms with Gasteiger partial charge in [0.15, 0.2) is 0 Å². The largest absolute Gasteiger partial charge is 0.389 e. The number of halogens is 3. The molecule has 2 atom stereocenters. The number of benzene rings is 2. The Balaban J connectivity index is 1.57. The van der Waals surface area contributed by atoms with Gasteiger partial charge in [0.05, 0.1) is 5.44 Å². The van der Waals surface area contributed by atoms with Crippen LogP contribution in [0.15, 0.2) is 42.5 Å². The minimum absolute atomic E-state index is 0.113. The summed E-state index contributed by atoms with van der Waals surface area (Å²) >= 11 is 5.78. The number of nitrogens with zero attached hydrogens (tertiary/aromatic N) is 2. The lowest BCUT2D eigenvalue weighted by atomic mass is 9.45. The van der Waals surface area contributed by atoms with E-state index in [1.54, 1.807) is 49.6 Å². The number of nitrogens with one attached hydrogen (secondary N) is 1. The average molecular weight is 521 g/mol. The van der Waals surface area contributed by atoms with E-state index >= 15 is 0 Å². The van der Waals surface area contributed by atoms with E-state index in [1.807, 2.05) is 0 Å². The summed E-state index contributed by atoms with van der Waals surface area (Å²) in [7, 11) is 7.99. The topological polar surface area (TPSA) is 86.8 Å². The molecule has 2 aromatic rings. The van der Waals surface area contributed by atoms with Crippen LogP contribution in [-0.4, -0.2) is 78.1 Å². The Morgan fingerprint density at radius 3 is 2.32 bits per heavy atom. The second-order valence-electron chi connectivity index (χ2n) is 10.6. The second kappa shape index (κ2) is 9.08. The summed E-state index contributed by atoms with van der Waals surface area (Å²) in [6.07, 6.45) is 0.157. The zero-order valence-corrected chi connectivity index (χ0v) is 22.0. The van der Waals surface area contributed by atoms with E-state index in [1.165, 1.54) is 25.0 Å². The monoisotopic (exact) mass is 521 g/mol. The molecule has 186 valence electrons. The third kappa shape index (κ3) is 4.49. The van der Waals surface area contributed by atoms with Gasteiger partial charge in [-0.2, -0.15) is 8.78 Å². The molecule has 0 aliphatic carbocycles. The van der Waals surface area contributed by atoms with Gasteiger partial charge in [0.25, 0.3) is 11.8 Å². The summed E-state index contributed by atoms with van der Waals surface area (Å²) < 4.78 is 29.9. The van der Waals surface area contributed by atoms with Gasteiger partial charge < -0.3 is 9.71 Å². The summed E-state index contributed by atoms with van der Waals surface area (Å²) in [5, 5.41) is 1.81. The predicted molar refractivity (Wildman–Crippen MR) is 147 cm³/mol. The highest BCUT2D eigenvalue weighted by Crippen LogP contribution is 2.40. The van der Waals surface area contributed by atoms with Crippen molar-refractivity contribution < 1.29 is 28.0 Å². The van der Waals surface area contributed by atoms with E-state index in [0.717, 1.165) is 16.9 Å². The molecule has 1 unspecified atom stereocenters. The van der Waals surface area contributed by atoms with Gasteiger partial charge in [-0.1, -0.05) is 35.9 Å². The van der Waals surface area contributed by atoms with Gasteiger partial charge in [0.1, 0.15) is 31.4 Å². The van der Waals surface area contributed by atoms with Crippen molar-refractivity contribution in [3.63, 3.8) is 0 Å². The fourth-order valence-electron chi connectivity index (χ4n) is 5.05. The van der Waals surface area contributed by atoms with Crippen molar-refractivity contribution >= 4 is 74.6 Å². The zero-order chi connectivity index (χ0) is 27.5. The molecule has 0 bridgehead atoms. The average Bonchev–Trinajstić information content (AvgIpc) is 3.18. The van der Waals surface area contributed by atoms with Crippen LogP contribution in [0.1, 0.15) is 39.4 Å². The molecule has 1 fully saturated rings. The van der Waals surface area contributed by atoms with Crippen molar-refractivity contribution in [2.75, 3.05) is 0 Å². The molecule has 0 aromatic heterocycles. The molecule has 0 saturated carbocycles. The molecular formula is C22H23B5ClF2N3O4. The van der Waals surface area contributed by atoms with Crippen LogP contribution in [0.25, 0.3) is 0 Å². The van der Waals surface area contributed by atoms with E-state index in [2.05, 4.69) is 5.32 Å². The van der Waals surface area contributed by atoms with Gasteiger partial charge in [0.2, 0.25) is 19.8 Å². The first-order chi connectivity index (χ1) is 17.1. The second-order valence-corrected chi connectivity index (χ2v) is 11.0. The Bertz CT molecular complexity index is 1330. The number of piperidine rings is 1. The van der Waals surface area contributed by atoms with Gasteiger partial charge in [-0.15, -0.1) is 0 Å². The van der Waals surface area contributed by atoms with Crippen molar-refractivity contribution in [2.24, 2.45) is 0 Å². The van der Waals surface area contributed by atoms with Crippen molar-refractivity contribution in [1.82, 2.24) is 15.0 Å². The lowest BCUT2D eigenvalue weighted by molar-refractivity contribution is -0.154. The Kier molecular flexibility index (Phi) is 6.63. The first-order valence-corrected chi connectivity index (χ1v) is 12.2. The Morgan fingerprint density at radius 2 is 1.70 bits per heavy atom. The van der Waals surface area contributed by atoms with Crippen LogP contribution in [0.3, 0.4) is 0 Å². The number of rotatable bonds is 5. The highest BCUT2D eigenvalue weighted by atomic mass is 35.5. The lowest BCUT2D eigenvalue weighted by Crippen LogP contribution is -2.67. The van der Waals surface area contributed by atoms with E-state index in [9.17, 15) is 28.0 Å². The number of imide groups is 1. The first-order valence-electron chi connectivity index (χ1n) is 11.8. The minimum Gasteiger partial charge on any atom is -0.389 e. The molecule has 2 aliphatic rings. The molecule has 2 heterocycles. The maximum absolute atomic E-state index is 15.0. The number of hydrogen-bond donors (Lipinski definition) is 1. The summed E-state index contributed by atoms with van der Waals surface area (Å²) in [4.78, 5) is 53.5. The fourth-order valence-corrected chi connectivity index (χ4v) is 5.17. The Labute approximate surface area is 222 Å². The van der Waals surface area contributed by atoms with E-state index < -0.39 is 45.8 Å². The smallest absolute Gasteiger partial charge is 0.348 e. The molecular weight excluding hydrogens is 498 g/mol.